The zero-order valence-corrected chi connectivity index (χ0v) is 10.4. The van der Waals surface area contributed by atoms with Crippen LogP contribution in [-0.2, 0) is 4.79 Å². The number of hydrogen-bond acceptors (Lipinski definition) is 3. The molecule has 1 unspecified atom stereocenters. The molecule has 1 saturated carbocycles. The highest BCUT2D eigenvalue weighted by atomic mass is 16.3. The summed E-state index contributed by atoms with van der Waals surface area (Å²) < 4.78 is 0. The smallest absolute Gasteiger partial charge is 0.237 e. The van der Waals surface area contributed by atoms with Crippen molar-refractivity contribution in [3.8, 4) is 0 Å². The normalized spacial score (nSPS) is 19.0. The summed E-state index contributed by atoms with van der Waals surface area (Å²) in [7, 11) is 0. The van der Waals surface area contributed by atoms with Crippen molar-refractivity contribution in [2.24, 2.45) is 0 Å². The molecule has 0 aliphatic heterocycles. The van der Waals surface area contributed by atoms with Crippen molar-refractivity contribution in [1.82, 2.24) is 10.2 Å². The van der Waals surface area contributed by atoms with Crippen molar-refractivity contribution in [2.75, 3.05) is 19.7 Å². The van der Waals surface area contributed by atoms with Gasteiger partial charge in [0.25, 0.3) is 0 Å². The van der Waals surface area contributed by atoms with Gasteiger partial charge in [0.1, 0.15) is 0 Å². The molecule has 0 aromatic heterocycles. The van der Waals surface area contributed by atoms with E-state index >= 15 is 0 Å². The van der Waals surface area contributed by atoms with Gasteiger partial charge in [-0.3, -0.25) is 9.69 Å². The first-order valence-electron chi connectivity index (χ1n) is 6.35. The number of hydrogen-bond donors (Lipinski definition) is 2. The van der Waals surface area contributed by atoms with Gasteiger partial charge in [-0.2, -0.15) is 0 Å². The van der Waals surface area contributed by atoms with Gasteiger partial charge in [-0.05, 0) is 26.7 Å². The molecule has 0 heterocycles. The van der Waals surface area contributed by atoms with Crippen LogP contribution in [0.5, 0.6) is 0 Å². The van der Waals surface area contributed by atoms with Crippen molar-refractivity contribution in [2.45, 2.75) is 51.6 Å². The predicted octanol–water partition coefficient (Wildman–Crippen LogP) is 0.748. The molecule has 0 radical (unpaired) electrons. The highest BCUT2D eigenvalue weighted by Crippen LogP contribution is 2.24. The van der Waals surface area contributed by atoms with Crippen LogP contribution in [-0.4, -0.2) is 47.7 Å². The lowest BCUT2D eigenvalue weighted by Gasteiger charge is -2.33. The van der Waals surface area contributed by atoms with E-state index in [2.05, 4.69) is 10.2 Å². The maximum absolute atomic E-state index is 11.8. The van der Waals surface area contributed by atoms with Crippen LogP contribution in [0, 0.1) is 0 Å². The lowest BCUT2D eigenvalue weighted by molar-refractivity contribution is -0.126. The van der Waals surface area contributed by atoms with E-state index in [1.807, 2.05) is 13.8 Å². The number of nitrogens with one attached hydrogen (secondary N) is 1. The largest absolute Gasteiger partial charge is 0.395 e. The molecular weight excluding hydrogens is 204 g/mol. The van der Waals surface area contributed by atoms with E-state index < -0.39 is 0 Å². The first-order chi connectivity index (χ1) is 7.70. The van der Waals surface area contributed by atoms with Gasteiger partial charge >= 0.3 is 0 Å². The number of aliphatic hydroxyl groups is 1. The Kier molecular flexibility index (Phi) is 5.77. The Labute approximate surface area is 98.0 Å². The van der Waals surface area contributed by atoms with Gasteiger partial charge in [0.2, 0.25) is 5.91 Å². The highest BCUT2D eigenvalue weighted by molar-refractivity contribution is 5.81. The van der Waals surface area contributed by atoms with Gasteiger partial charge < -0.3 is 10.4 Å². The number of amides is 1. The minimum Gasteiger partial charge on any atom is -0.395 e. The molecule has 1 amide bonds. The zero-order valence-electron chi connectivity index (χ0n) is 10.4. The monoisotopic (exact) mass is 228 g/mol. The van der Waals surface area contributed by atoms with Crippen molar-refractivity contribution in [3.63, 3.8) is 0 Å². The number of likely N-dealkylation sites (N-methyl/N-ethyl adjacent to an activating group) is 1. The van der Waals surface area contributed by atoms with Crippen molar-refractivity contribution in [1.29, 1.82) is 0 Å². The number of aliphatic hydroxyl groups excluding tert-OH is 1. The molecule has 16 heavy (non-hydrogen) atoms. The van der Waals surface area contributed by atoms with Crippen LogP contribution >= 0.6 is 0 Å². The molecule has 1 atom stereocenters. The van der Waals surface area contributed by atoms with Gasteiger partial charge in [0.15, 0.2) is 0 Å². The van der Waals surface area contributed by atoms with E-state index in [1.165, 1.54) is 12.8 Å². The van der Waals surface area contributed by atoms with Crippen LogP contribution in [0.2, 0.25) is 0 Å². The lowest BCUT2D eigenvalue weighted by atomic mass is 10.1. The Balaban J connectivity index is 2.56. The molecule has 1 aliphatic rings. The van der Waals surface area contributed by atoms with E-state index in [-0.39, 0.29) is 18.6 Å². The van der Waals surface area contributed by atoms with Gasteiger partial charge in [0, 0.05) is 19.1 Å². The van der Waals surface area contributed by atoms with Crippen molar-refractivity contribution < 1.29 is 9.90 Å². The van der Waals surface area contributed by atoms with Crippen molar-refractivity contribution >= 4 is 5.91 Å². The number of rotatable bonds is 6. The van der Waals surface area contributed by atoms with E-state index in [0.29, 0.717) is 19.1 Å². The summed E-state index contributed by atoms with van der Waals surface area (Å²) in [4.78, 5) is 13.9. The molecule has 1 aliphatic carbocycles. The summed E-state index contributed by atoms with van der Waals surface area (Å²) in [6, 6.07) is 0.347. The van der Waals surface area contributed by atoms with Gasteiger partial charge in [0.05, 0.1) is 12.6 Å². The molecule has 0 bridgehead atoms. The fourth-order valence-electron chi connectivity index (χ4n) is 2.52. The number of carbonyl (C=O) groups excluding carboxylic acids is 1. The first kappa shape index (κ1) is 13.5. The van der Waals surface area contributed by atoms with E-state index in [9.17, 15) is 4.79 Å². The van der Waals surface area contributed by atoms with E-state index in [1.54, 1.807) is 0 Å². The Bertz CT molecular complexity index is 215. The van der Waals surface area contributed by atoms with E-state index in [4.69, 9.17) is 5.11 Å². The Hall–Kier alpha value is -0.610. The predicted molar refractivity (Wildman–Crippen MR) is 64.2 cm³/mol. The van der Waals surface area contributed by atoms with Crippen LogP contribution in [0.1, 0.15) is 39.5 Å². The van der Waals surface area contributed by atoms with Crippen LogP contribution in [0.15, 0.2) is 0 Å². The summed E-state index contributed by atoms with van der Waals surface area (Å²) in [5.41, 5.74) is 0. The zero-order chi connectivity index (χ0) is 12.0. The SMILES string of the molecule is CCNC(=O)C(C)N(CCO)C1CCCC1. The summed E-state index contributed by atoms with van der Waals surface area (Å²) in [5.74, 6) is 0.0721. The second-order valence-electron chi connectivity index (χ2n) is 4.47. The second kappa shape index (κ2) is 6.86. The minimum atomic E-state index is -0.129. The third-order valence-corrected chi connectivity index (χ3v) is 3.38. The average Bonchev–Trinajstić information content (AvgIpc) is 2.78. The molecule has 94 valence electrons. The van der Waals surface area contributed by atoms with Crippen LogP contribution < -0.4 is 5.32 Å². The summed E-state index contributed by atoms with van der Waals surface area (Å²) in [5, 5.41) is 11.9. The third kappa shape index (κ3) is 3.46. The topological polar surface area (TPSA) is 52.6 Å². The Morgan fingerprint density at radius 1 is 1.50 bits per heavy atom. The quantitative estimate of drug-likeness (QED) is 0.705. The molecular formula is C12H24N2O2. The molecule has 2 N–H and O–H groups in total. The molecule has 0 saturated heterocycles. The fourth-order valence-corrected chi connectivity index (χ4v) is 2.52. The minimum absolute atomic E-state index is 0.0721. The highest BCUT2D eigenvalue weighted by Gasteiger charge is 2.29. The molecule has 1 fully saturated rings. The molecule has 4 heteroatoms. The summed E-state index contributed by atoms with van der Waals surface area (Å²) >= 11 is 0. The molecule has 0 aromatic carbocycles. The number of nitrogens with zero attached hydrogens (tertiary/aromatic N) is 1. The van der Waals surface area contributed by atoms with Crippen LogP contribution in [0.4, 0.5) is 0 Å². The third-order valence-electron chi connectivity index (χ3n) is 3.38. The maximum Gasteiger partial charge on any atom is 0.237 e. The van der Waals surface area contributed by atoms with Crippen LogP contribution in [0.25, 0.3) is 0 Å². The van der Waals surface area contributed by atoms with Gasteiger partial charge in [-0.15, -0.1) is 0 Å². The first-order valence-corrected chi connectivity index (χ1v) is 6.35. The fraction of sp³-hybridized carbons (Fsp3) is 0.917. The standard InChI is InChI=1S/C12H24N2O2/c1-3-13-12(16)10(2)14(8-9-15)11-6-4-5-7-11/h10-11,15H,3-9H2,1-2H3,(H,13,16). The Morgan fingerprint density at radius 2 is 2.12 bits per heavy atom. The Morgan fingerprint density at radius 3 is 2.62 bits per heavy atom. The van der Waals surface area contributed by atoms with E-state index in [0.717, 1.165) is 12.8 Å². The van der Waals surface area contributed by atoms with Gasteiger partial charge in [-0.25, -0.2) is 0 Å². The second-order valence-corrected chi connectivity index (χ2v) is 4.47. The van der Waals surface area contributed by atoms with Gasteiger partial charge in [-0.1, -0.05) is 12.8 Å². The summed E-state index contributed by atoms with van der Waals surface area (Å²) in [6.07, 6.45) is 4.80. The summed E-state index contributed by atoms with van der Waals surface area (Å²) in [6.45, 7) is 5.25. The molecule has 4 nitrogen and oxygen atoms in total. The number of carbonyl (C=O) groups is 1. The molecule has 1 rings (SSSR count). The van der Waals surface area contributed by atoms with Crippen molar-refractivity contribution in [3.05, 3.63) is 0 Å². The molecule has 0 spiro atoms. The molecule has 0 aromatic rings. The average molecular weight is 228 g/mol. The maximum atomic E-state index is 11.8. The lowest BCUT2D eigenvalue weighted by Crippen LogP contribution is -2.50. The van der Waals surface area contributed by atoms with Crippen LogP contribution in [0.3, 0.4) is 0 Å².